The van der Waals surface area contributed by atoms with E-state index in [2.05, 4.69) is 31.3 Å². The van der Waals surface area contributed by atoms with Crippen LogP contribution < -0.4 is 5.32 Å². The number of hydrogen-bond donors (Lipinski definition) is 3. The van der Waals surface area contributed by atoms with Crippen LogP contribution in [0.2, 0.25) is 0 Å². The van der Waals surface area contributed by atoms with Crippen molar-refractivity contribution in [3.8, 4) is 0 Å². The van der Waals surface area contributed by atoms with Crippen LogP contribution in [0.3, 0.4) is 0 Å². The summed E-state index contributed by atoms with van der Waals surface area (Å²) in [5.41, 5.74) is 0. The summed E-state index contributed by atoms with van der Waals surface area (Å²) in [6.07, 6.45) is 111. The van der Waals surface area contributed by atoms with Crippen molar-refractivity contribution in [3.05, 3.63) is 24.3 Å². The highest BCUT2D eigenvalue weighted by Crippen LogP contribution is 2.21. The van der Waals surface area contributed by atoms with Gasteiger partial charge < -0.3 is 20.3 Å². The van der Waals surface area contributed by atoms with E-state index in [0.717, 1.165) is 38.5 Å². The van der Waals surface area contributed by atoms with Crippen LogP contribution in [0.25, 0.3) is 0 Å². The van der Waals surface area contributed by atoms with E-state index in [1.165, 1.54) is 443 Å². The smallest absolute Gasteiger partial charge is 0.305 e. The van der Waals surface area contributed by atoms with E-state index >= 15 is 0 Å². The number of carbonyl (C=O) groups is 2. The van der Waals surface area contributed by atoms with Crippen molar-refractivity contribution >= 4 is 11.9 Å². The largest absolute Gasteiger partial charge is 0.466 e. The molecule has 95 heavy (non-hydrogen) atoms. The average molecular weight is 1340 g/mol. The number of amides is 1. The minimum absolute atomic E-state index is 0.0247. The van der Waals surface area contributed by atoms with Gasteiger partial charge in [0, 0.05) is 12.8 Å². The molecular formula is C89H173NO5. The van der Waals surface area contributed by atoms with Crippen molar-refractivity contribution < 1.29 is 24.5 Å². The van der Waals surface area contributed by atoms with E-state index < -0.39 is 12.1 Å². The molecule has 0 bridgehead atoms. The van der Waals surface area contributed by atoms with Gasteiger partial charge in [0.2, 0.25) is 5.91 Å². The molecule has 2 atom stereocenters. The molecule has 0 spiro atoms. The number of aliphatic hydroxyl groups excluding tert-OH is 2. The highest BCUT2D eigenvalue weighted by molar-refractivity contribution is 5.76. The first kappa shape index (κ1) is 93.3. The second kappa shape index (κ2) is 84.8. The Kier molecular flexibility index (Phi) is 83.3. The molecule has 0 aromatic carbocycles. The van der Waals surface area contributed by atoms with Crippen molar-refractivity contribution in [1.82, 2.24) is 5.32 Å². The number of allylic oxidation sites excluding steroid dienone is 3. The van der Waals surface area contributed by atoms with Crippen molar-refractivity contribution in [1.29, 1.82) is 0 Å². The van der Waals surface area contributed by atoms with Gasteiger partial charge in [0.15, 0.2) is 0 Å². The highest BCUT2D eigenvalue weighted by atomic mass is 16.5. The normalized spacial score (nSPS) is 12.5. The van der Waals surface area contributed by atoms with Gasteiger partial charge in [0.05, 0.1) is 25.4 Å². The minimum atomic E-state index is -0.841. The van der Waals surface area contributed by atoms with Crippen molar-refractivity contribution in [2.24, 2.45) is 0 Å². The molecule has 6 heteroatoms. The van der Waals surface area contributed by atoms with Gasteiger partial charge in [0.1, 0.15) is 0 Å². The number of carbonyl (C=O) groups excluding carboxylic acids is 2. The Bertz CT molecular complexity index is 1500. The van der Waals surface area contributed by atoms with Gasteiger partial charge in [0.25, 0.3) is 0 Å². The van der Waals surface area contributed by atoms with Crippen LogP contribution in [0.4, 0.5) is 0 Å². The maximum atomic E-state index is 12.6. The van der Waals surface area contributed by atoms with E-state index in [4.69, 9.17) is 4.74 Å². The lowest BCUT2D eigenvalue weighted by molar-refractivity contribution is -0.143. The van der Waals surface area contributed by atoms with Crippen molar-refractivity contribution in [3.63, 3.8) is 0 Å². The van der Waals surface area contributed by atoms with Crippen molar-refractivity contribution in [2.45, 2.75) is 520 Å². The molecule has 0 saturated carbocycles. The zero-order valence-electron chi connectivity index (χ0n) is 64.9. The lowest BCUT2D eigenvalue weighted by Crippen LogP contribution is -2.45. The Morgan fingerprint density at radius 2 is 0.495 bits per heavy atom. The lowest BCUT2D eigenvalue weighted by Gasteiger charge is -2.20. The first-order valence-corrected chi connectivity index (χ1v) is 44.1. The fourth-order valence-electron chi connectivity index (χ4n) is 14.3. The second-order valence-corrected chi connectivity index (χ2v) is 30.6. The molecule has 0 aliphatic carbocycles. The van der Waals surface area contributed by atoms with E-state index in [-0.39, 0.29) is 18.5 Å². The summed E-state index contributed by atoms with van der Waals surface area (Å²) < 4.78 is 5.53. The second-order valence-electron chi connectivity index (χ2n) is 30.6. The molecule has 0 aromatic heterocycles. The van der Waals surface area contributed by atoms with Crippen LogP contribution in [0.5, 0.6) is 0 Å². The Hall–Kier alpha value is -1.66. The first-order chi connectivity index (χ1) is 47.0. The topological polar surface area (TPSA) is 95.9 Å². The van der Waals surface area contributed by atoms with Gasteiger partial charge in [-0.3, -0.25) is 9.59 Å². The van der Waals surface area contributed by atoms with Gasteiger partial charge in [-0.05, 0) is 57.8 Å². The fraction of sp³-hybridized carbons (Fsp3) is 0.933. The van der Waals surface area contributed by atoms with Gasteiger partial charge in [-0.25, -0.2) is 0 Å². The Labute approximate surface area is 596 Å². The first-order valence-electron chi connectivity index (χ1n) is 44.1. The monoisotopic (exact) mass is 1340 g/mol. The van der Waals surface area contributed by atoms with Crippen LogP contribution in [0, 0.1) is 0 Å². The molecule has 0 radical (unpaired) electrons. The van der Waals surface area contributed by atoms with Crippen LogP contribution in [-0.4, -0.2) is 47.4 Å². The summed E-state index contributed by atoms with van der Waals surface area (Å²) in [7, 11) is 0. The summed E-state index contributed by atoms with van der Waals surface area (Å²) in [4.78, 5) is 24.7. The number of rotatable bonds is 84. The van der Waals surface area contributed by atoms with Crippen LogP contribution in [0.1, 0.15) is 508 Å². The number of ether oxygens (including phenoxy) is 1. The Balaban J connectivity index is 3.30. The molecular weight excluding hydrogens is 1160 g/mol. The van der Waals surface area contributed by atoms with E-state index in [9.17, 15) is 19.8 Å². The van der Waals surface area contributed by atoms with Gasteiger partial charge in [-0.2, -0.15) is 0 Å². The predicted molar refractivity (Wildman–Crippen MR) is 421 cm³/mol. The van der Waals surface area contributed by atoms with E-state index in [1.807, 2.05) is 6.08 Å². The quantitative estimate of drug-likeness (QED) is 0.0320. The summed E-state index contributed by atoms with van der Waals surface area (Å²) in [5, 5.41) is 23.3. The highest BCUT2D eigenvalue weighted by Gasteiger charge is 2.18. The van der Waals surface area contributed by atoms with Gasteiger partial charge in [-0.15, -0.1) is 0 Å². The summed E-state index contributed by atoms with van der Waals surface area (Å²) in [6.45, 7) is 4.96. The van der Waals surface area contributed by atoms with Gasteiger partial charge in [-0.1, -0.05) is 462 Å². The summed E-state index contributed by atoms with van der Waals surface area (Å²) >= 11 is 0. The maximum Gasteiger partial charge on any atom is 0.305 e. The molecule has 1 amide bonds. The molecule has 0 saturated heterocycles. The average Bonchev–Trinajstić information content (AvgIpc) is 2.96. The third kappa shape index (κ3) is 81.2. The zero-order valence-corrected chi connectivity index (χ0v) is 64.9. The summed E-state index contributed by atoms with van der Waals surface area (Å²) in [6, 6.07) is -0.624. The van der Waals surface area contributed by atoms with Crippen LogP contribution >= 0.6 is 0 Å². The number of esters is 1. The van der Waals surface area contributed by atoms with Crippen molar-refractivity contribution in [2.75, 3.05) is 13.2 Å². The van der Waals surface area contributed by atoms with E-state index in [1.54, 1.807) is 6.08 Å². The SMILES string of the molecule is CCCCCCCC/C=C\CCCCCCCCCCCC(=O)OCCCCCCCCCCCCCCCCCCCCCCCCCCCCCCCCCCCCCCCCCC(=O)NC(CO)C(O)/C=C/CCCCCCCCCCCCCCCCCCCC. The molecule has 0 aliphatic rings. The molecule has 0 rings (SSSR count). The fourth-order valence-corrected chi connectivity index (χ4v) is 14.3. The van der Waals surface area contributed by atoms with Gasteiger partial charge >= 0.3 is 5.97 Å². The third-order valence-electron chi connectivity index (χ3n) is 21.0. The minimum Gasteiger partial charge on any atom is -0.466 e. The molecule has 2 unspecified atom stereocenters. The predicted octanol–water partition coefficient (Wildman–Crippen LogP) is 29.6. The maximum absolute atomic E-state index is 12.6. The molecule has 6 nitrogen and oxygen atoms in total. The number of aliphatic hydroxyl groups is 2. The summed E-state index contributed by atoms with van der Waals surface area (Å²) in [5.74, 6) is -0.0320. The lowest BCUT2D eigenvalue weighted by atomic mass is 10.0. The zero-order chi connectivity index (χ0) is 68.4. The molecule has 3 N–H and O–H groups in total. The Morgan fingerprint density at radius 3 is 0.747 bits per heavy atom. The van der Waals surface area contributed by atoms with E-state index in [0.29, 0.717) is 19.4 Å². The van der Waals surface area contributed by atoms with Crippen LogP contribution in [-0.2, 0) is 14.3 Å². The Morgan fingerprint density at radius 1 is 0.284 bits per heavy atom. The van der Waals surface area contributed by atoms with Crippen LogP contribution in [0.15, 0.2) is 24.3 Å². The molecule has 0 aliphatic heterocycles. The number of hydrogen-bond acceptors (Lipinski definition) is 5. The third-order valence-corrected chi connectivity index (χ3v) is 21.0. The number of unbranched alkanes of at least 4 members (excludes halogenated alkanes) is 71. The standard InChI is InChI=1S/C89H173NO5/c1-3-5-7-9-11-13-15-17-19-21-23-46-49-53-57-61-65-69-73-77-81-87(92)86(85-91)90-88(93)82-78-74-70-66-62-58-54-50-47-43-41-39-37-35-33-31-29-27-25-24-26-28-30-32-34-36-38-40-42-44-48-52-56-60-64-68-72-76-80-84-95-89(94)83-79-75-71-67-63-59-55-51-45-22-20-18-16-14-12-10-8-6-4-2/h18,20,77,81,86-87,91-92H,3-17,19,21-76,78-80,82-85H2,1-2H3,(H,90,93)/b20-18-,81-77+. The molecule has 0 fully saturated rings. The molecule has 0 heterocycles. The number of nitrogens with one attached hydrogen (secondary N) is 1. The molecule has 0 aromatic rings. The molecule has 564 valence electrons.